The molecule has 0 radical (unpaired) electrons. The molecule has 0 spiro atoms. The van der Waals surface area contributed by atoms with Crippen LogP contribution in [-0.2, 0) is 4.43 Å². The van der Waals surface area contributed by atoms with Gasteiger partial charge in [0.15, 0.2) is 0 Å². The van der Waals surface area contributed by atoms with Crippen LogP contribution >= 0.6 is 22.6 Å². The Morgan fingerprint density at radius 1 is 1.55 bits per heavy atom. The van der Waals surface area contributed by atoms with E-state index in [0.29, 0.717) is 11.4 Å². The molecule has 0 aliphatic heterocycles. The van der Waals surface area contributed by atoms with Crippen molar-refractivity contribution < 1.29 is 5.11 Å². The molecule has 1 aromatic heterocycles. The number of hydrogen-bond acceptors (Lipinski definition) is 2. The van der Waals surface area contributed by atoms with E-state index in [4.69, 9.17) is 0 Å². The monoisotopic (exact) mass is 263 g/mol. The first kappa shape index (κ1) is 8.77. The van der Waals surface area contributed by atoms with Gasteiger partial charge in [-0.05, 0) is 25.0 Å². The highest BCUT2D eigenvalue weighted by Crippen LogP contribution is 2.23. The summed E-state index contributed by atoms with van der Waals surface area (Å²) < 4.78 is 0.893. The summed E-state index contributed by atoms with van der Waals surface area (Å²) in [6, 6.07) is 0. The van der Waals surface area contributed by atoms with Gasteiger partial charge in [-0.1, -0.05) is 22.6 Å². The Balaban J connectivity index is 3.25. The first-order chi connectivity index (χ1) is 5.16. The van der Waals surface area contributed by atoms with Gasteiger partial charge in [0.2, 0.25) is 0 Å². The van der Waals surface area contributed by atoms with Gasteiger partial charge in [-0.3, -0.25) is 4.98 Å². The van der Waals surface area contributed by atoms with E-state index < -0.39 is 0 Å². The standard InChI is InChI=1S/C8H10INO/c1-5-7(3-9)4-10-6(2)8(5)11/h4,11H,3H2,1-2H3. The third-order valence-corrected chi connectivity index (χ3v) is 2.56. The Morgan fingerprint density at radius 2 is 2.18 bits per heavy atom. The summed E-state index contributed by atoms with van der Waals surface area (Å²) in [5.74, 6) is 0.333. The van der Waals surface area contributed by atoms with E-state index >= 15 is 0 Å². The largest absolute Gasteiger partial charge is 0.506 e. The Morgan fingerprint density at radius 3 is 2.73 bits per heavy atom. The quantitative estimate of drug-likeness (QED) is 0.623. The van der Waals surface area contributed by atoms with Crippen molar-refractivity contribution in [2.45, 2.75) is 18.3 Å². The first-order valence-corrected chi connectivity index (χ1v) is 4.89. The molecule has 0 bridgehead atoms. The third-order valence-electron chi connectivity index (χ3n) is 1.74. The fourth-order valence-electron chi connectivity index (χ4n) is 0.891. The molecule has 0 aliphatic rings. The molecule has 1 rings (SSSR count). The predicted octanol–water partition coefficient (Wildman–Crippen LogP) is 2.34. The van der Waals surface area contributed by atoms with Gasteiger partial charge in [0.05, 0.1) is 5.69 Å². The van der Waals surface area contributed by atoms with E-state index in [9.17, 15) is 5.11 Å². The van der Waals surface area contributed by atoms with Crippen LogP contribution in [0.25, 0.3) is 0 Å². The van der Waals surface area contributed by atoms with Crippen molar-refractivity contribution in [3.8, 4) is 5.75 Å². The maximum Gasteiger partial charge on any atom is 0.139 e. The highest BCUT2D eigenvalue weighted by atomic mass is 127. The number of halogens is 1. The van der Waals surface area contributed by atoms with Crippen LogP contribution in [0.4, 0.5) is 0 Å². The van der Waals surface area contributed by atoms with Crippen LogP contribution < -0.4 is 0 Å². The number of aromatic hydroxyl groups is 1. The molecule has 0 aromatic carbocycles. The molecule has 1 aromatic rings. The molecule has 0 fully saturated rings. The topological polar surface area (TPSA) is 33.1 Å². The summed E-state index contributed by atoms with van der Waals surface area (Å²) in [4.78, 5) is 4.06. The minimum atomic E-state index is 0.333. The number of alkyl halides is 1. The van der Waals surface area contributed by atoms with E-state index in [1.165, 1.54) is 0 Å². The van der Waals surface area contributed by atoms with Crippen molar-refractivity contribution in [1.29, 1.82) is 0 Å². The van der Waals surface area contributed by atoms with E-state index in [0.717, 1.165) is 15.6 Å². The first-order valence-electron chi connectivity index (χ1n) is 3.36. The normalized spacial score (nSPS) is 10.1. The second kappa shape index (κ2) is 3.38. The van der Waals surface area contributed by atoms with Crippen molar-refractivity contribution in [3.63, 3.8) is 0 Å². The summed E-state index contributed by atoms with van der Waals surface area (Å²) in [5, 5.41) is 9.45. The fourth-order valence-corrected chi connectivity index (χ4v) is 1.66. The summed E-state index contributed by atoms with van der Waals surface area (Å²) in [5.41, 5.74) is 2.76. The lowest BCUT2D eigenvalue weighted by atomic mass is 10.1. The van der Waals surface area contributed by atoms with Gasteiger partial charge in [-0.2, -0.15) is 0 Å². The molecule has 0 unspecified atom stereocenters. The van der Waals surface area contributed by atoms with E-state index in [2.05, 4.69) is 27.6 Å². The lowest BCUT2D eigenvalue weighted by molar-refractivity contribution is 0.462. The van der Waals surface area contributed by atoms with Crippen molar-refractivity contribution in [1.82, 2.24) is 4.98 Å². The van der Waals surface area contributed by atoms with E-state index in [-0.39, 0.29) is 0 Å². The molecule has 2 nitrogen and oxygen atoms in total. The van der Waals surface area contributed by atoms with Crippen molar-refractivity contribution in [2.75, 3.05) is 0 Å². The minimum absolute atomic E-state index is 0.333. The molecule has 1 heterocycles. The summed E-state index contributed by atoms with van der Waals surface area (Å²) in [7, 11) is 0. The Bertz CT molecular complexity index is 273. The average Bonchev–Trinajstić information content (AvgIpc) is 2.01. The van der Waals surface area contributed by atoms with Gasteiger partial charge in [-0.25, -0.2) is 0 Å². The van der Waals surface area contributed by atoms with Crippen LogP contribution in [0.1, 0.15) is 16.8 Å². The molecule has 11 heavy (non-hydrogen) atoms. The number of hydrogen-bond donors (Lipinski definition) is 1. The van der Waals surface area contributed by atoms with Gasteiger partial charge >= 0.3 is 0 Å². The summed E-state index contributed by atoms with van der Waals surface area (Å²) in [6.45, 7) is 3.72. The zero-order valence-corrected chi connectivity index (χ0v) is 8.71. The molecular weight excluding hydrogens is 253 g/mol. The zero-order chi connectivity index (χ0) is 8.43. The van der Waals surface area contributed by atoms with E-state index in [1.54, 1.807) is 6.92 Å². The van der Waals surface area contributed by atoms with Crippen LogP contribution in [0.5, 0.6) is 5.75 Å². The highest BCUT2D eigenvalue weighted by Gasteiger charge is 2.04. The molecule has 1 N–H and O–H groups in total. The summed E-state index contributed by atoms with van der Waals surface area (Å²) in [6.07, 6.45) is 1.82. The molecule has 0 saturated carbocycles. The van der Waals surface area contributed by atoms with Crippen LogP contribution in [0.3, 0.4) is 0 Å². The fraction of sp³-hybridized carbons (Fsp3) is 0.375. The number of aryl methyl sites for hydroxylation is 1. The van der Waals surface area contributed by atoms with Gasteiger partial charge in [0.1, 0.15) is 5.75 Å². The van der Waals surface area contributed by atoms with Crippen LogP contribution in [-0.4, -0.2) is 10.1 Å². The van der Waals surface area contributed by atoms with Crippen LogP contribution in [0.2, 0.25) is 0 Å². The average molecular weight is 263 g/mol. The zero-order valence-electron chi connectivity index (χ0n) is 6.56. The molecule has 0 atom stereocenters. The van der Waals surface area contributed by atoms with Gasteiger partial charge in [-0.15, -0.1) is 0 Å². The number of aromatic nitrogens is 1. The molecule has 0 amide bonds. The van der Waals surface area contributed by atoms with E-state index in [1.807, 2.05) is 13.1 Å². The number of pyridine rings is 1. The Labute approximate surface area is 79.8 Å². The molecule has 3 heteroatoms. The maximum atomic E-state index is 9.45. The highest BCUT2D eigenvalue weighted by molar-refractivity contribution is 14.1. The maximum absolute atomic E-state index is 9.45. The Hall–Kier alpha value is -0.320. The van der Waals surface area contributed by atoms with Gasteiger partial charge < -0.3 is 5.11 Å². The molecular formula is C8H10INO. The van der Waals surface area contributed by atoms with Crippen LogP contribution in [0.15, 0.2) is 6.20 Å². The lowest BCUT2D eigenvalue weighted by Gasteiger charge is -2.05. The lowest BCUT2D eigenvalue weighted by Crippen LogP contribution is -1.90. The smallest absolute Gasteiger partial charge is 0.139 e. The Kier molecular flexibility index (Phi) is 2.70. The molecule has 60 valence electrons. The second-order valence-electron chi connectivity index (χ2n) is 2.48. The van der Waals surface area contributed by atoms with Gasteiger partial charge in [0.25, 0.3) is 0 Å². The number of rotatable bonds is 1. The summed E-state index contributed by atoms with van der Waals surface area (Å²) >= 11 is 2.26. The number of nitrogens with zero attached hydrogens (tertiary/aromatic N) is 1. The van der Waals surface area contributed by atoms with Gasteiger partial charge in [0, 0.05) is 10.6 Å². The van der Waals surface area contributed by atoms with Crippen molar-refractivity contribution in [3.05, 3.63) is 23.0 Å². The molecule has 0 aliphatic carbocycles. The third kappa shape index (κ3) is 1.64. The molecule has 0 saturated heterocycles. The second-order valence-corrected chi connectivity index (χ2v) is 3.24. The van der Waals surface area contributed by atoms with Crippen molar-refractivity contribution >= 4 is 22.6 Å². The minimum Gasteiger partial charge on any atom is -0.506 e. The predicted molar refractivity (Wildman–Crippen MR) is 53.1 cm³/mol. The SMILES string of the molecule is Cc1ncc(CI)c(C)c1O. The van der Waals surface area contributed by atoms with Crippen LogP contribution in [0, 0.1) is 13.8 Å². The van der Waals surface area contributed by atoms with Crippen molar-refractivity contribution in [2.24, 2.45) is 0 Å².